The average Bonchev–Trinajstić information content (AvgIpc) is 2.48. The second-order valence-electron chi connectivity index (χ2n) is 5.40. The third-order valence-corrected chi connectivity index (χ3v) is 4.09. The van der Waals surface area contributed by atoms with E-state index in [1.165, 1.54) is 5.56 Å². The van der Waals surface area contributed by atoms with Gasteiger partial charge < -0.3 is 15.0 Å². The lowest BCUT2D eigenvalue weighted by Gasteiger charge is -2.33. The van der Waals surface area contributed by atoms with E-state index < -0.39 is 0 Å². The van der Waals surface area contributed by atoms with Crippen molar-refractivity contribution in [1.82, 2.24) is 10.2 Å². The van der Waals surface area contributed by atoms with Crippen molar-refractivity contribution in [3.05, 3.63) is 34.9 Å². The maximum atomic E-state index is 11.7. The molecule has 0 bridgehead atoms. The van der Waals surface area contributed by atoms with Gasteiger partial charge in [0.15, 0.2) is 0 Å². The molecule has 0 radical (unpaired) electrons. The monoisotopic (exact) mass is 310 g/mol. The summed E-state index contributed by atoms with van der Waals surface area (Å²) in [5.41, 5.74) is 1.19. The number of ether oxygens (including phenoxy) is 1. The van der Waals surface area contributed by atoms with Gasteiger partial charge in [-0.1, -0.05) is 23.7 Å². The van der Waals surface area contributed by atoms with Gasteiger partial charge in [-0.25, -0.2) is 4.79 Å². The first-order valence-electron chi connectivity index (χ1n) is 7.53. The largest absolute Gasteiger partial charge is 0.450 e. The first-order chi connectivity index (χ1) is 10.1. The van der Waals surface area contributed by atoms with Gasteiger partial charge in [0.25, 0.3) is 0 Å². The number of halogens is 1. The maximum absolute atomic E-state index is 11.7. The van der Waals surface area contributed by atoms with Crippen LogP contribution in [0.4, 0.5) is 4.79 Å². The lowest BCUT2D eigenvalue weighted by molar-refractivity contribution is 0.0944. The van der Waals surface area contributed by atoms with E-state index in [4.69, 9.17) is 16.3 Å². The fourth-order valence-corrected chi connectivity index (χ4v) is 2.87. The predicted molar refractivity (Wildman–Crippen MR) is 84.6 cm³/mol. The van der Waals surface area contributed by atoms with E-state index in [2.05, 4.69) is 18.3 Å². The summed E-state index contributed by atoms with van der Waals surface area (Å²) in [6.45, 7) is 5.91. The maximum Gasteiger partial charge on any atom is 0.409 e. The van der Waals surface area contributed by atoms with Crippen LogP contribution in [0.1, 0.15) is 38.3 Å². The summed E-state index contributed by atoms with van der Waals surface area (Å²) < 4.78 is 5.03. The van der Waals surface area contributed by atoms with Crippen molar-refractivity contribution in [2.24, 2.45) is 0 Å². The zero-order valence-corrected chi connectivity index (χ0v) is 13.4. The highest BCUT2D eigenvalue weighted by Crippen LogP contribution is 2.20. The minimum atomic E-state index is -0.196. The van der Waals surface area contributed by atoms with E-state index in [-0.39, 0.29) is 12.1 Å². The van der Waals surface area contributed by atoms with Crippen molar-refractivity contribution in [1.29, 1.82) is 0 Å². The summed E-state index contributed by atoms with van der Waals surface area (Å²) in [5.74, 6) is 0. The lowest BCUT2D eigenvalue weighted by Crippen LogP contribution is -2.45. The number of hydrogen-bond donors (Lipinski definition) is 1. The summed E-state index contributed by atoms with van der Waals surface area (Å²) in [6.07, 6.45) is 1.70. The van der Waals surface area contributed by atoms with Crippen LogP contribution in [-0.2, 0) is 4.74 Å². The number of hydrogen-bond acceptors (Lipinski definition) is 3. The molecule has 1 amide bonds. The molecule has 1 N–H and O–H groups in total. The predicted octanol–water partition coefficient (Wildman–Crippen LogP) is 3.61. The fraction of sp³-hybridized carbons (Fsp3) is 0.562. The smallest absolute Gasteiger partial charge is 0.409 e. The summed E-state index contributed by atoms with van der Waals surface area (Å²) in [5, 5.41) is 4.38. The molecule has 0 aromatic heterocycles. The fourth-order valence-electron chi connectivity index (χ4n) is 2.67. The Bertz CT molecular complexity index is 473. The molecule has 5 heteroatoms. The molecule has 1 aliphatic rings. The number of nitrogens with one attached hydrogen (secondary N) is 1. The molecule has 0 spiro atoms. The lowest BCUT2D eigenvalue weighted by atomic mass is 10.0. The number of benzene rings is 1. The van der Waals surface area contributed by atoms with Crippen molar-refractivity contribution in [2.75, 3.05) is 19.7 Å². The molecular weight excluding hydrogens is 288 g/mol. The molecule has 1 aromatic rings. The van der Waals surface area contributed by atoms with Crippen molar-refractivity contribution in [2.45, 2.75) is 38.8 Å². The quantitative estimate of drug-likeness (QED) is 0.923. The number of amides is 1. The second kappa shape index (κ2) is 7.66. The summed E-state index contributed by atoms with van der Waals surface area (Å²) >= 11 is 6.03. The van der Waals surface area contributed by atoms with Gasteiger partial charge in [-0.05, 0) is 44.4 Å². The summed E-state index contributed by atoms with van der Waals surface area (Å²) in [7, 11) is 0. The van der Waals surface area contributed by atoms with Crippen molar-refractivity contribution < 1.29 is 9.53 Å². The van der Waals surface area contributed by atoms with Crippen LogP contribution < -0.4 is 5.32 Å². The first kappa shape index (κ1) is 16.1. The van der Waals surface area contributed by atoms with Gasteiger partial charge in [-0.15, -0.1) is 0 Å². The number of likely N-dealkylation sites (tertiary alicyclic amines) is 1. The Labute approximate surface area is 131 Å². The van der Waals surface area contributed by atoms with Crippen LogP contribution in [-0.4, -0.2) is 36.7 Å². The van der Waals surface area contributed by atoms with E-state index in [1.807, 2.05) is 25.1 Å². The van der Waals surface area contributed by atoms with Gasteiger partial charge in [0.1, 0.15) is 0 Å². The van der Waals surface area contributed by atoms with E-state index in [9.17, 15) is 4.79 Å². The Morgan fingerprint density at radius 2 is 2.19 bits per heavy atom. The topological polar surface area (TPSA) is 41.6 Å². The molecule has 0 unspecified atom stereocenters. The zero-order chi connectivity index (χ0) is 15.2. The normalized spacial score (nSPS) is 17.6. The summed E-state index contributed by atoms with van der Waals surface area (Å²) in [4.78, 5) is 13.4. The number of rotatable bonds is 4. The molecule has 21 heavy (non-hydrogen) atoms. The van der Waals surface area contributed by atoms with E-state index in [0.717, 1.165) is 31.0 Å². The standard InChI is InChI=1S/C16H23ClN2O2/c1-3-21-16(20)19-9-7-15(8-10-19)18-12(2)13-5-4-6-14(17)11-13/h4-6,11-12,15,18H,3,7-10H2,1-2H3/t12-/m1/s1. The molecule has 1 fully saturated rings. The van der Waals surface area contributed by atoms with Crippen LogP contribution in [0.2, 0.25) is 5.02 Å². The molecule has 116 valence electrons. The molecule has 1 atom stereocenters. The van der Waals surface area contributed by atoms with E-state index in [1.54, 1.807) is 4.90 Å². The Morgan fingerprint density at radius 3 is 2.81 bits per heavy atom. The van der Waals surface area contributed by atoms with Gasteiger partial charge in [-0.2, -0.15) is 0 Å². The Balaban J connectivity index is 1.82. The van der Waals surface area contributed by atoms with Gasteiger partial charge >= 0.3 is 6.09 Å². The molecule has 1 aliphatic heterocycles. The molecule has 4 nitrogen and oxygen atoms in total. The zero-order valence-electron chi connectivity index (χ0n) is 12.6. The van der Waals surface area contributed by atoms with Crippen LogP contribution in [0.3, 0.4) is 0 Å². The van der Waals surface area contributed by atoms with E-state index in [0.29, 0.717) is 12.6 Å². The highest BCUT2D eigenvalue weighted by molar-refractivity contribution is 6.30. The van der Waals surface area contributed by atoms with Crippen molar-refractivity contribution >= 4 is 17.7 Å². The van der Waals surface area contributed by atoms with Gasteiger partial charge in [0.05, 0.1) is 6.61 Å². The molecule has 1 saturated heterocycles. The summed E-state index contributed by atoms with van der Waals surface area (Å²) in [6, 6.07) is 8.60. The second-order valence-corrected chi connectivity index (χ2v) is 5.84. The minimum Gasteiger partial charge on any atom is -0.450 e. The van der Waals surface area contributed by atoms with Crippen LogP contribution in [0, 0.1) is 0 Å². The number of piperidine rings is 1. The molecule has 1 aromatic carbocycles. The number of carbonyl (C=O) groups excluding carboxylic acids is 1. The number of carbonyl (C=O) groups is 1. The highest BCUT2D eigenvalue weighted by atomic mass is 35.5. The van der Waals surface area contributed by atoms with Crippen molar-refractivity contribution in [3.8, 4) is 0 Å². The van der Waals surface area contributed by atoms with Gasteiger partial charge in [-0.3, -0.25) is 0 Å². The van der Waals surface area contributed by atoms with Crippen LogP contribution in [0.5, 0.6) is 0 Å². The Kier molecular flexibility index (Phi) is 5.88. The molecule has 1 heterocycles. The molecular formula is C16H23ClN2O2. The van der Waals surface area contributed by atoms with Gasteiger partial charge in [0, 0.05) is 30.2 Å². The molecule has 0 saturated carbocycles. The average molecular weight is 311 g/mol. The number of nitrogens with zero attached hydrogens (tertiary/aromatic N) is 1. The van der Waals surface area contributed by atoms with E-state index >= 15 is 0 Å². The highest BCUT2D eigenvalue weighted by Gasteiger charge is 2.24. The van der Waals surface area contributed by atoms with Crippen molar-refractivity contribution in [3.63, 3.8) is 0 Å². The molecule has 0 aliphatic carbocycles. The third kappa shape index (κ3) is 4.61. The van der Waals surface area contributed by atoms with Gasteiger partial charge in [0.2, 0.25) is 0 Å². The Morgan fingerprint density at radius 1 is 1.48 bits per heavy atom. The third-order valence-electron chi connectivity index (χ3n) is 3.86. The molecule has 2 rings (SSSR count). The first-order valence-corrected chi connectivity index (χ1v) is 7.91. The SMILES string of the molecule is CCOC(=O)N1CCC(N[C@H](C)c2cccc(Cl)c2)CC1. The van der Waals surface area contributed by atoms with Crippen LogP contribution >= 0.6 is 11.6 Å². The van der Waals surface area contributed by atoms with Crippen LogP contribution in [0.25, 0.3) is 0 Å². The minimum absolute atomic E-state index is 0.196. The van der Waals surface area contributed by atoms with Crippen LogP contribution in [0.15, 0.2) is 24.3 Å². The Hall–Kier alpha value is -1.26.